The summed E-state index contributed by atoms with van der Waals surface area (Å²) < 4.78 is 24.4. The molecule has 1 aromatic carbocycles. The van der Waals surface area contributed by atoms with Gasteiger partial charge in [-0.05, 0) is 30.5 Å². The van der Waals surface area contributed by atoms with Crippen molar-refractivity contribution < 1.29 is 8.78 Å². The van der Waals surface area contributed by atoms with Gasteiger partial charge < -0.3 is 5.73 Å². The molecule has 0 radical (unpaired) electrons. The molecule has 0 aliphatic rings. The monoisotopic (exact) mass is 199 g/mol. The number of halogens is 2. The summed E-state index contributed by atoms with van der Waals surface area (Å²) in [6, 6.07) is 7.33. The van der Waals surface area contributed by atoms with Gasteiger partial charge in [-0.3, -0.25) is 0 Å². The van der Waals surface area contributed by atoms with Crippen LogP contribution in [0.3, 0.4) is 0 Å². The second-order valence-corrected chi connectivity index (χ2v) is 3.26. The van der Waals surface area contributed by atoms with E-state index in [1.807, 2.05) is 12.1 Å². The summed E-state index contributed by atoms with van der Waals surface area (Å²) in [7, 11) is 0. The number of alkyl halides is 2. The Kier molecular flexibility index (Phi) is 4.53. The van der Waals surface area contributed by atoms with Gasteiger partial charge in [0.05, 0.1) is 0 Å². The van der Waals surface area contributed by atoms with Crippen molar-refractivity contribution in [1.82, 2.24) is 0 Å². The largest absolute Gasteiger partial charge is 0.330 e. The van der Waals surface area contributed by atoms with Crippen LogP contribution in [-0.2, 0) is 12.8 Å². The maximum Gasteiger partial charge on any atom is 0.242 e. The van der Waals surface area contributed by atoms with Crippen LogP contribution in [0.1, 0.15) is 17.5 Å². The summed E-state index contributed by atoms with van der Waals surface area (Å²) >= 11 is 0. The van der Waals surface area contributed by atoms with E-state index in [1.165, 1.54) is 0 Å². The Bertz CT molecular complexity index is 274. The molecule has 0 spiro atoms. The maximum absolute atomic E-state index is 12.2. The molecule has 0 aromatic heterocycles. The van der Waals surface area contributed by atoms with Crippen molar-refractivity contribution in [1.29, 1.82) is 0 Å². The molecule has 1 nitrogen and oxygen atoms in total. The van der Waals surface area contributed by atoms with Crippen molar-refractivity contribution >= 4 is 0 Å². The first-order valence-electron chi connectivity index (χ1n) is 4.79. The van der Waals surface area contributed by atoms with Crippen molar-refractivity contribution in [2.24, 2.45) is 5.73 Å². The minimum absolute atomic E-state index is 0.152. The van der Waals surface area contributed by atoms with Gasteiger partial charge in [-0.15, -0.1) is 0 Å². The third kappa shape index (κ3) is 3.42. The van der Waals surface area contributed by atoms with E-state index in [4.69, 9.17) is 5.73 Å². The molecule has 1 aromatic rings. The predicted molar refractivity (Wildman–Crippen MR) is 53.5 cm³/mol. The Hall–Kier alpha value is -0.960. The Balaban J connectivity index is 2.69. The van der Waals surface area contributed by atoms with Crippen LogP contribution in [0, 0.1) is 0 Å². The van der Waals surface area contributed by atoms with Gasteiger partial charge in [0.25, 0.3) is 0 Å². The molecular formula is C11H15F2N. The lowest BCUT2D eigenvalue weighted by molar-refractivity contribution is 0.149. The summed E-state index contributed by atoms with van der Waals surface area (Å²) in [5, 5.41) is 0. The average molecular weight is 199 g/mol. The molecule has 0 unspecified atom stereocenters. The Labute approximate surface area is 82.9 Å². The Morgan fingerprint density at radius 1 is 1.14 bits per heavy atom. The molecule has 0 saturated carbocycles. The molecule has 0 aliphatic carbocycles. The van der Waals surface area contributed by atoms with E-state index in [0.29, 0.717) is 6.54 Å². The van der Waals surface area contributed by atoms with Crippen LogP contribution in [0.25, 0.3) is 0 Å². The molecule has 78 valence electrons. The van der Waals surface area contributed by atoms with Crippen molar-refractivity contribution in [3.8, 4) is 0 Å². The number of hydrogen-bond acceptors (Lipinski definition) is 1. The first-order chi connectivity index (χ1) is 6.74. The molecule has 0 aliphatic heterocycles. The third-order valence-electron chi connectivity index (χ3n) is 2.14. The smallest absolute Gasteiger partial charge is 0.242 e. The summed E-state index contributed by atoms with van der Waals surface area (Å²) in [5.74, 6) is 0. The van der Waals surface area contributed by atoms with Gasteiger partial charge in [-0.25, -0.2) is 8.78 Å². The van der Waals surface area contributed by atoms with E-state index in [0.717, 1.165) is 24.0 Å². The molecule has 0 atom stereocenters. The van der Waals surface area contributed by atoms with Gasteiger partial charge in [0, 0.05) is 6.42 Å². The van der Waals surface area contributed by atoms with Crippen LogP contribution in [0.4, 0.5) is 8.78 Å². The van der Waals surface area contributed by atoms with Crippen LogP contribution >= 0.6 is 0 Å². The molecular weight excluding hydrogens is 184 g/mol. The molecule has 0 fully saturated rings. The number of benzene rings is 1. The SMILES string of the molecule is NCCCc1ccccc1CC(F)F. The average Bonchev–Trinajstić information content (AvgIpc) is 2.16. The molecule has 1 rings (SSSR count). The van der Waals surface area contributed by atoms with Gasteiger partial charge in [-0.2, -0.15) is 0 Å². The van der Waals surface area contributed by atoms with E-state index < -0.39 is 6.43 Å². The lowest BCUT2D eigenvalue weighted by Crippen LogP contribution is -2.04. The fourth-order valence-electron chi connectivity index (χ4n) is 1.46. The number of hydrogen-bond donors (Lipinski definition) is 1. The van der Waals surface area contributed by atoms with Crippen molar-refractivity contribution in [3.05, 3.63) is 35.4 Å². The van der Waals surface area contributed by atoms with Crippen LogP contribution in [0.2, 0.25) is 0 Å². The zero-order valence-electron chi connectivity index (χ0n) is 8.05. The number of aryl methyl sites for hydroxylation is 1. The topological polar surface area (TPSA) is 26.0 Å². The van der Waals surface area contributed by atoms with E-state index >= 15 is 0 Å². The molecule has 3 heteroatoms. The normalized spacial score (nSPS) is 10.9. The highest BCUT2D eigenvalue weighted by molar-refractivity contribution is 5.27. The quantitative estimate of drug-likeness (QED) is 0.774. The first-order valence-corrected chi connectivity index (χ1v) is 4.79. The second-order valence-electron chi connectivity index (χ2n) is 3.26. The number of rotatable bonds is 5. The molecule has 0 saturated heterocycles. The van der Waals surface area contributed by atoms with Crippen molar-refractivity contribution in [2.45, 2.75) is 25.7 Å². The lowest BCUT2D eigenvalue weighted by atomic mass is 10.0. The minimum atomic E-state index is -2.27. The minimum Gasteiger partial charge on any atom is -0.330 e. The summed E-state index contributed by atoms with van der Waals surface area (Å²) in [6.45, 7) is 0.600. The molecule has 14 heavy (non-hydrogen) atoms. The van der Waals surface area contributed by atoms with E-state index in [9.17, 15) is 8.78 Å². The Morgan fingerprint density at radius 2 is 1.79 bits per heavy atom. The van der Waals surface area contributed by atoms with Crippen LogP contribution < -0.4 is 5.73 Å². The molecule has 0 bridgehead atoms. The van der Waals surface area contributed by atoms with E-state index in [1.54, 1.807) is 12.1 Å². The van der Waals surface area contributed by atoms with Gasteiger partial charge in [-0.1, -0.05) is 24.3 Å². The Morgan fingerprint density at radius 3 is 2.36 bits per heavy atom. The molecule has 2 N–H and O–H groups in total. The van der Waals surface area contributed by atoms with Gasteiger partial charge in [0.2, 0.25) is 6.43 Å². The summed E-state index contributed by atoms with van der Waals surface area (Å²) in [4.78, 5) is 0. The van der Waals surface area contributed by atoms with Gasteiger partial charge in [0.1, 0.15) is 0 Å². The molecule has 0 heterocycles. The van der Waals surface area contributed by atoms with Crippen LogP contribution in [0.5, 0.6) is 0 Å². The second kappa shape index (κ2) is 5.70. The zero-order chi connectivity index (χ0) is 10.4. The van der Waals surface area contributed by atoms with Crippen molar-refractivity contribution in [2.75, 3.05) is 6.54 Å². The van der Waals surface area contributed by atoms with Gasteiger partial charge in [0.15, 0.2) is 0 Å². The zero-order valence-corrected chi connectivity index (χ0v) is 8.05. The van der Waals surface area contributed by atoms with Gasteiger partial charge >= 0.3 is 0 Å². The van der Waals surface area contributed by atoms with Crippen LogP contribution in [-0.4, -0.2) is 13.0 Å². The van der Waals surface area contributed by atoms with E-state index in [-0.39, 0.29) is 6.42 Å². The fraction of sp³-hybridized carbons (Fsp3) is 0.455. The van der Waals surface area contributed by atoms with Crippen molar-refractivity contribution in [3.63, 3.8) is 0 Å². The van der Waals surface area contributed by atoms with E-state index in [2.05, 4.69) is 0 Å². The highest BCUT2D eigenvalue weighted by Gasteiger charge is 2.07. The summed E-state index contributed by atoms with van der Waals surface area (Å²) in [5.41, 5.74) is 7.12. The third-order valence-corrected chi connectivity index (χ3v) is 2.14. The number of nitrogens with two attached hydrogens (primary N) is 1. The first kappa shape index (κ1) is 11.1. The lowest BCUT2D eigenvalue weighted by Gasteiger charge is -2.07. The standard InChI is InChI=1S/C11H15F2N/c12-11(13)8-10-5-2-1-4-9(10)6-3-7-14/h1-2,4-5,11H,3,6-8,14H2. The highest BCUT2D eigenvalue weighted by Crippen LogP contribution is 2.14. The van der Waals surface area contributed by atoms with Crippen LogP contribution in [0.15, 0.2) is 24.3 Å². The summed E-state index contributed by atoms with van der Waals surface area (Å²) in [6.07, 6.45) is -0.783. The highest BCUT2D eigenvalue weighted by atomic mass is 19.3. The maximum atomic E-state index is 12.2. The fourth-order valence-corrected chi connectivity index (χ4v) is 1.46. The predicted octanol–water partition coefficient (Wildman–Crippen LogP) is 2.39. The molecule has 0 amide bonds.